The molecule has 2 aromatic carbocycles. The van der Waals surface area contributed by atoms with Gasteiger partial charge < -0.3 is 10.3 Å². The normalized spacial score (nSPS) is 11.2. The Morgan fingerprint density at radius 1 is 1.17 bits per heavy atom. The highest BCUT2D eigenvalue weighted by atomic mass is 16.1. The first-order valence-electron chi connectivity index (χ1n) is 7.65. The van der Waals surface area contributed by atoms with Crippen molar-refractivity contribution in [3.63, 3.8) is 0 Å². The Balaban J connectivity index is 1.60. The number of hydrogen-bond donors (Lipinski definition) is 2. The van der Waals surface area contributed by atoms with Crippen LogP contribution in [0, 0.1) is 11.3 Å². The molecule has 0 unspecified atom stereocenters. The van der Waals surface area contributed by atoms with Crippen LogP contribution in [0.3, 0.4) is 0 Å². The molecule has 24 heavy (non-hydrogen) atoms. The van der Waals surface area contributed by atoms with Crippen molar-refractivity contribution < 1.29 is 4.79 Å². The molecule has 5 heteroatoms. The molecular weight excluding hydrogens is 300 g/mol. The Bertz CT molecular complexity index is 886. The first-order chi connectivity index (χ1) is 11.8. The zero-order valence-corrected chi connectivity index (χ0v) is 13.0. The lowest BCUT2D eigenvalue weighted by molar-refractivity contribution is -0.117. The van der Waals surface area contributed by atoms with E-state index >= 15 is 0 Å². The minimum Gasteiger partial charge on any atom is -0.351 e. The number of nitrogens with zero attached hydrogens (tertiary/aromatic N) is 2. The molecule has 118 valence electrons. The number of nitrogens with one attached hydrogen (secondary N) is 2. The number of benzene rings is 2. The van der Waals surface area contributed by atoms with Crippen LogP contribution in [0.1, 0.15) is 11.4 Å². The highest BCUT2D eigenvalue weighted by molar-refractivity contribution is 6.01. The first-order valence-corrected chi connectivity index (χ1v) is 7.65. The van der Waals surface area contributed by atoms with Gasteiger partial charge in [-0.3, -0.25) is 4.79 Å². The molecular formula is C19H16N4O. The van der Waals surface area contributed by atoms with Crippen molar-refractivity contribution in [2.24, 2.45) is 0 Å². The van der Waals surface area contributed by atoms with E-state index in [1.807, 2.05) is 60.7 Å². The van der Waals surface area contributed by atoms with E-state index in [4.69, 9.17) is 0 Å². The van der Waals surface area contributed by atoms with Crippen LogP contribution in [-0.4, -0.2) is 22.4 Å². The highest BCUT2D eigenvalue weighted by Gasteiger charge is 2.09. The van der Waals surface area contributed by atoms with Gasteiger partial charge >= 0.3 is 0 Å². The van der Waals surface area contributed by atoms with Crippen LogP contribution in [0.2, 0.25) is 0 Å². The van der Waals surface area contributed by atoms with Gasteiger partial charge in [0, 0.05) is 13.0 Å². The number of para-hydroxylation sites is 2. The molecule has 0 aliphatic carbocycles. The van der Waals surface area contributed by atoms with Gasteiger partial charge in [-0.2, -0.15) is 5.26 Å². The van der Waals surface area contributed by atoms with Crippen molar-refractivity contribution in [1.29, 1.82) is 5.26 Å². The van der Waals surface area contributed by atoms with E-state index in [1.165, 1.54) is 0 Å². The second-order valence-electron chi connectivity index (χ2n) is 5.29. The van der Waals surface area contributed by atoms with E-state index in [9.17, 15) is 10.1 Å². The second-order valence-corrected chi connectivity index (χ2v) is 5.29. The smallest absolute Gasteiger partial charge is 0.261 e. The lowest BCUT2D eigenvalue weighted by Gasteiger charge is -2.03. The van der Waals surface area contributed by atoms with Crippen LogP contribution in [0.25, 0.3) is 17.1 Å². The molecule has 3 rings (SSSR count). The molecule has 1 aromatic heterocycles. The van der Waals surface area contributed by atoms with Crippen molar-refractivity contribution in [3.8, 4) is 6.07 Å². The van der Waals surface area contributed by atoms with Crippen molar-refractivity contribution in [2.75, 3.05) is 6.54 Å². The summed E-state index contributed by atoms with van der Waals surface area (Å²) < 4.78 is 0. The number of rotatable bonds is 5. The third-order valence-electron chi connectivity index (χ3n) is 3.56. The molecule has 1 heterocycles. The number of imidazole rings is 1. The predicted molar refractivity (Wildman–Crippen MR) is 92.8 cm³/mol. The highest BCUT2D eigenvalue weighted by Crippen LogP contribution is 2.10. The number of fused-ring (bicyclic) bond motifs is 1. The maximum absolute atomic E-state index is 12.1. The number of amides is 1. The monoisotopic (exact) mass is 316 g/mol. The van der Waals surface area contributed by atoms with Gasteiger partial charge in [-0.05, 0) is 23.8 Å². The zero-order valence-electron chi connectivity index (χ0n) is 13.0. The lowest BCUT2D eigenvalue weighted by Crippen LogP contribution is -2.27. The summed E-state index contributed by atoms with van der Waals surface area (Å²) in [4.78, 5) is 19.8. The van der Waals surface area contributed by atoms with Crippen LogP contribution in [-0.2, 0) is 11.2 Å². The van der Waals surface area contributed by atoms with E-state index in [1.54, 1.807) is 6.08 Å². The lowest BCUT2D eigenvalue weighted by atomic mass is 10.1. The minimum atomic E-state index is -0.377. The Hall–Kier alpha value is -3.39. The molecule has 0 spiro atoms. The fourth-order valence-corrected chi connectivity index (χ4v) is 2.38. The van der Waals surface area contributed by atoms with Crippen LogP contribution in [0.15, 0.2) is 60.2 Å². The maximum atomic E-state index is 12.1. The van der Waals surface area contributed by atoms with Gasteiger partial charge in [0.25, 0.3) is 5.91 Å². The van der Waals surface area contributed by atoms with Crippen molar-refractivity contribution >= 4 is 23.0 Å². The number of H-pyrrole nitrogens is 1. The zero-order chi connectivity index (χ0) is 16.8. The summed E-state index contributed by atoms with van der Waals surface area (Å²) in [7, 11) is 0. The van der Waals surface area contributed by atoms with E-state index in [0.29, 0.717) is 13.0 Å². The van der Waals surface area contributed by atoms with Gasteiger partial charge in [-0.25, -0.2) is 4.98 Å². The Morgan fingerprint density at radius 3 is 2.67 bits per heavy atom. The summed E-state index contributed by atoms with van der Waals surface area (Å²) in [5.74, 6) is 0.430. The Kier molecular flexibility index (Phi) is 4.68. The third kappa shape index (κ3) is 3.68. The van der Waals surface area contributed by atoms with E-state index in [-0.39, 0.29) is 11.5 Å². The number of nitriles is 1. The summed E-state index contributed by atoms with van der Waals surface area (Å²) in [5.41, 5.74) is 2.79. The molecule has 0 aliphatic heterocycles. The van der Waals surface area contributed by atoms with Gasteiger partial charge in [0.1, 0.15) is 17.5 Å². The summed E-state index contributed by atoms with van der Waals surface area (Å²) in [5, 5.41) is 11.9. The molecule has 1 amide bonds. The van der Waals surface area contributed by atoms with Gasteiger partial charge in [0.2, 0.25) is 0 Å². The molecule has 3 aromatic rings. The summed E-state index contributed by atoms with van der Waals surface area (Å²) in [6, 6.07) is 19.0. The Morgan fingerprint density at radius 2 is 1.92 bits per heavy atom. The third-order valence-corrected chi connectivity index (χ3v) is 3.56. The largest absolute Gasteiger partial charge is 0.351 e. The second kappa shape index (κ2) is 7.25. The van der Waals surface area contributed by atoms with Gasteiger partial charge in [0.15, 0.2) is 0 Å². The number of hydrogen-bond acceptors (Lipinski definition) is 3. The average Bonchev–Trinajstić information content (AvgIpc) is 3.03. The topological polar surface area (TPSA) is 81.6 Å². The number of carbonyl (C=O) groups is 1. The summed E-state index contributed by atoms with van der Waals surface area (Å²) in [6.07, 6.45) is 2.15. The first kappa shape index (κ1) is 15.5. The quantitative estimate of drug-likeness (QED) is 0.561. The molecule has 0 radical (unpaired) electrons. The van der Waals surface area contributed by atoms with Crippen LogP contribution in [0.4, 0.5) is 0 Å². The molecule has 0 saturated carbocycles. The minimum absolute atomic E-state index is 0.0887. The van der Waals surface area contributed by atoms with Crippen molar-refractivity contribution in [2.45, 2.75) is 6.42 Å². The molecule has 0 fully saturated rings. The summed E-state index contributed by atoms with van der Waals surface area (Å²) in [6.45, 7) is 0.409. The van der Waals surface area contributed by atoms with Crippen LogP contribution >= 0.6 is 0 Å². The molecule has 0 aliphatic rings. The maximum Gasteiger partial charge on any atom is 0.261 e. The van der Waals surface area contributed by atoms with E-state index in [0.717, 1.165) is 22.4 Å². The standard InChI is InChI=1S/C19H16N4O/c20-13-15(12-14-6-2-1-3-7-14)19(24)21-11-10-18-22-16-8-4-5-9-17(16)23-18/h1-9,12H,10-11H2,(H,21,24)(H,22,23)/b15-12+. The molecule has 2 N–H and O–H groups in total. The Labute approximate surface area is 139 Å². The van der Waals surface area contributed by atoms with Crippen molar-refractivity contribution in [1.82, 2.24) is 15.3 Å². The fraction of sp³-hybridized carbons (Fsp3) is 0.105. The molecule has 5 nitrogen and oxygen atoms in total. The van der Waals surface area contributed by atoms with E-state index < -0.39 is 0 Å². The van der Waals surface area contributed by atoms with Gasteiger partial charge in [-0.1, -0.05) is 42.5 Å². The van der Waals surface area contributed by atoms with Crippen LogP contribution in [0.5, 0.6) is 0 Å². The van der Waals surface area contributed by atoms with Crippen molar-refractivity contribution in [3.05, 3.63) is 71.6 Å². The fourth-order valence-electron chi connectivity index (χ4n) is 2.38. The SMILES string of the molecule is N#C/C(=C\c1ccccc1)C(=O)NCCc1nc2ccccc2[nH]1. The van der Waals surface area contributed by atoms with Crippen LogP contribution < -0.4 is 5.32 Å². The number of carbonyl (C=O) groups excluding carboxylic acids is 1. The van der Waals surface area contributed by atoms with E-state index in [2.05, 4.69) is 15.3 Å². The summed E-state index contributed by atoms with van der Waals surface area (Å²) >= 11 is 0. The predicted octanol–water partition coefficient (Wildman–Crippen LogP) is 2.83. The molecule has 0 saturated heterocycles. The van der Waals surface area contributed by atoms with Gasteiger partial charge in [-0.15, -0.1) is 0 Å². The number of aromatic nitrogens is 2. The molecule has 0 atom stereocenters. The molecule has 0 bridgehead atoms. The number of aromatic amines is 1. The van der Waals surface area contributed by atoms with Gasteiger partial charge in [0.05, 0.1) is 11.0 Å². The average molecular weight is 316 g/mol.